The van der Waals surface area contributed by atoms with Gasteiger partial charge >= 0.3 is 0 Å². The van der Waals surface area contributed by atoms with Gasteiger partial charge < -0.3 is 4.90 Å². The van der Waals surface area contributed by atoms with Crippen molar-refractivity contribution >= 4 is 23.1 Å². The van der Waals surface area contributed by atoms with Crippen molar-refractivity contribution in [3.8, 4) is 0 Å². The summed E-state index contributed by atoms with van der Waals surface area (Å²) >= 11 is 5.72. The Bertz CT molecular complexity index is 511. The lowest BCUT2D eigenvalue weighted by Crippen LogP contribution is -2.18. The van der Waals surface area contributed by atoms with Crippen LogP contribution in [0.5, 0.6) is 0 Å². The van der Waals surface area contributed by atoms with Crippen molar-refractivity contribution in [1.29, 1.82) is 0 Å². The lowest BCUT2D eigenvalue weighted by Gasteiger charge is -2.23. The molecule has 3 nitrogen and oxygen atoms in total. The monoisotopic (exact) mass is 261 g/mol. The van der Waals surface area contributed by atoms with E-state index in [9.17, 15) is 0 Å². The maximum absolute atomic E-state index is 5.72. The van der Waals surface area contributed by atoms with Crippen LogP contribution in [0.4, 0.5) is 11.5 Å². The van der Waals surface area contributed by atoms with E-state index in [-0.39, 0.29) is 0 Å². The highest BCUT2D eigenvalue weighted by Crippen LogP contribution is 2.25. The SMILES string of the molecule is CCN(c1cnc(CCl)cn1)c1ccccc1C. The molecule has 0 aliphatic carbocycles. The molecule has 94 valence electrons. The third kappa shape index (κ3) is 2.62. The van der Waals surface area contributed by atoms with Crippen LogP contribution in [-0.2, 0) is 5.88 Å². The Morgan fingerprint density at radius 1 is 1.17 bits per heavy atom. The van der Waals surface area contributed by atoms with E-state index in [1.54, 1.807) is 12.4 Å². The van der Waals surface area contributed by atoms with Gasteiger partial charge in [0.1, 0.15) is 0 Å². The summed E-state index contributed by atoms with van der Waals surface area (Å²) in [4.78, 5) is 10.8. The Labute approximate surface area is 112 Å². The van der Waals surface area contributed by atoms with E-state index < -0.39 is 0 Å². The van der Waals surface area contributed by atoms with E-state index in [4.69, 9.17) is 11.6 Å². The quantitative estimate of drug-likeness (QED) is 0.786. The maximum Gasteiger partial charge on any atom is 0.151 e. The molecule has 0 unspecified atom stereocenters. The maximum atomic E-state index is 5.72. The van der Waals surface area contributed by atoms with Gasteiger partial charge in [0.15, 0.2) is 5.82 Å². The zero-order valence-electron chi connectivity index (χ0n) is 10.6. The summed E-state index contributed by atoms with van der Waals surface area (Å²) in [5.41, 5.74) is 3.18. The van der Waals surface area contributed by atoms with Gasteiger partial charge in [-0.25, -0.2) is 4.98 Å². The predicted octanol–water partition coefficient (Wildman–Crippen LogP) is 3.68. The molecule has 1 aromatic heterocycles. The number of anilines is 2. The van der Waals surface area contributed by atoms with Gasteiger partial charge in [0.25, 0.3) is 0 Å². The van der Waals surface area contributed by atoms with Gasteiger partial charge in [-0.2, -0.15) is 0 Å². The molecule has 4 heteroatoms. The third-order valence-electron chi connectivity index (χ3n) is 2.83. The summed E-state index contributed by atoms with van der Waals surface area (Å²) in [6.07, 6.45) is 3.50. The van der Waals surface area contributed by atoms with Crippen molar-refractivity contribution in [2.75, 3.05) is 11.4 Å². The van der Waals surface area contributed by atoms with E-state index in [0.717, 1.165) is 23.7 Å². The summed E-state index contributed by atoms with van der Waals surface area (Å²) in [6.45, 7) is 5.04. The minimum absolute atomic E-state index is 0.393. The number of halogens is 1. The smallest absolute Gasteiger partial charge is 0.151 e. The van der Waals surface area contributed by atoms with Gasteiger partial charge in [-0.05, 0) is 25.5 Å². The molecule has 0 saturated heterocycles. The van der Waals surface area contributed by atoms with E-state index in [2.05, 4.69) is 40.8 Å². The fraction of sp³-hybridized carbons (Fsp3) is 0.286. The largest absolute Gasteiger partial charge is 0.325 e. The Balaban J connectivity index is 2.36. The number of nitrogens with zero attached hydrogens (tertiary/aromatic N) is 3. The van der Waals surface area contributed by atoms with Gasteiger partial charge in [-0.15, -0.1) is 11.6 Å². The number of aryl methyl sites for hydroxylation is 1. The molecular weight excluding hydrogens is 246 g/mol. The average Bonchev–Trinajstić information content (AvgIpc) is 2.42. The highest BCUT2D eigenvalue weighted by Gasteiger charge is 2.10. The minimum atomic E-state index is 0.393. The summed E-state index contributed by atoms with van der Waals surface area (Å²) in [5.74, 6) is 1.24. The first-order valence-electron chi connectivity index (χ1n) is 5.96. The van der Waals surface area contributed by atoms with Crippen molar-refractivity contribution in [3.63, 3.8) is 0 Å². The fourth-order valence-electron chi connectivity index (χ4n) is 1.88. The number of alkyl halides is 1. The predicted molar refractivity (Wildman–Crippen MR) is 75.4 cm³/mol. The van der Waals surface area contributed by atoms with E-state index in [1.807, 2.05) is 12.1 Å². The second-order valence-electron chi connectivity index (χ2n) is 4.03. The summed E-state index contributed by atoms with van der Waals surface area (Å²) < 4.78 is 0. The average molecular weight is 262 g/mol. The van der Waals surface area contributed by atoms with Crippen molar-refractivity contribution in [2.24, 2.45) is 0 Å². The molecule has 0 N–H and O–H groups in total. The summed E-state index contributed by atoms with van der Waals surface area (Å²) in [6, 6.07) is 8.26. The highest BCUT2D eigenvalue weighted by atomic mass is 35.5. The number of benzene rings is 1. The van der Waals surface area contributed by atoms with Crippen molar-refractivity contribution in [1.82, 2.24) is 9.97 Å². The molecule has 0 atom stereocenters. The van der Waals surface area contributed by atoms with Crippen molar-refractivity contribution in [2.45, 2.75) is 19.7 Å². The van der Waals surface area contributed by atoms with Crippen LogP contribution < -0.4 is 4.90 Å². The van der Waals surface area contributed by atoms with Gasteiger partial charge in [-0.3, -0.25) is 4.98 Å². The zero-order chi connectivity index (χ0) is 13.0. The van der Waals surface area contributed by atoms with Crippen LogP contribution in [0.25, 0.3) is 0 Å². The van der Waals surface area contributed by atoms with Gasteiger partial charge in [0.2, 0.25) is 0 Å². The number of hydrogen-bond donors (Lipinski definition) is 0. The van der Waals surface area contributed by atoms with Crippen LogP contribution in [-0.4, -0.2) is 16.5 Å². The Kier molecular flexibility index (Phi) is 4.15. The van der Waals surface area contributed by atoms with Crippen LogP contribution in [0, 0.1) is 6.92 Å². The number of para-hydroxylation sites is 1. The lowest BCUT2D eigenvalue weighted by atomic mass is 10.2. The first kappa shape index (κ1) is 12.8. The normalized spacial score (nSPS) is 10.4. The van der Waals surface area contributed by atoms with Gasteiger partial charge in [0.05, 0.1) is 24.0 Å². The van der Waals surface area contributed by atoms with E-state index >= 15 is 0 Å². The molecule has 0 aliphatic heterocycles. The standard InChI is InChI=1S/C14H16ClN3/c1-3-18(13-7-5-4-6-11(13)2)14-10-16-12(8-15)9-17-14/h4-7,9-10H,3,8H2,1-2H3. The number of aromatic nitrogens is 2. The van der Waals surface area contributed by atoms with E-state index in [0.29, 0.717) is 5.88 Å². The molecule has 0 bridgehead atoms. The van der Waals surface area contributed by atoms with Crippen LogP contribution in [0.1, 0.15) is 18.2 Å². The molecule has 2 aromatic rings. The topological polar surface area (TPSA) is 29.0 Å². The Hall–Kier alpha value is -1.61. The number of hydrogen-bond acceptors (Lipinski definition) is 3. The summed E-state index contributed by atoms with van der Waals surface area (Å²) in [5, 5.41) is 0. The molecule has 2 rings (SSSR count). The molecule has 0 amide bonds. The molecule has 18 heavy (non-hydrogen) atoms. The molecule has 1 aromatic carbocycles. The van der Waals surface area contributed by atoms with Crippen LogP contribution in [0.2, 0.25) is 0 Å². The second-order valence-corrected chi connectivity index (χ2v) is 4.30. The van der Waals surface area contributed by atoms with Gasteiger partial charge in [-0.1, -0.05) is 18.2 Å². The Morgan fingerprint density at radius 2 is 1.94 bits per heavy atom. The number of rotatable bonds is 4. The fourth-order valence-corrected chi connectivity index (χ4v) is 2.02. The zero-order valence-corrected chi connectivity index (χ0v) is 11.4. The van der Waals surface area contributed by atoms with Crippen molar-refractivity contribution in [3.05, 3.63) is 47.9 Å². The summed E-state index contributed by atoms with van der Waals surface area (Å²) in [7, 11) is 0. The highest BCUT2D eigenvalue weighted by molar-refractivity contribution is 6.16. The van der Waals surface area contributed by atoms with Gasteiger partial charge in [0, 0.05) is 12.2 Å². The van der Waals surface area contributed by atoms with Crippen LogP contribution in [0.3, 0.4) is 0 Å². The lowest BCUT2D eigenvalue weighted by molar-refractivity contribution is 0.958. The van der Waals surface area contributed by atoms with Crippen LogP contribution >= 0.6 is 11.6 Å². The third-order valence-corrected chi connectivity index (χ3v) is 3.10. The minimum Gasteiger partial charge on any atom is -0.325 e. The molecule has 0 spiro atoms. The first-order chi connectivity index (χ1) is 8.76. The van der Waals surface area contributed by atoms with E-state index in [1.165, 1.54) is 5.56 Å². The molecule has 0 aliphatic rings. The molecule has 0 radical (unpaired) electrons. The Morgan fingerprint density at radius 3 is 2.50 bits per heavy atom. The molecule has 0 saturated carbocycles. The molecule has 1 heterocycles. The molecular formula is C14H16ClN3. The second kappa shape index (κ2) is 5.83. The molecule has 0 fully saturated rings. The van der Waals surface area contributed by atoms with Crippen LogP contribution in [0.15, 0.2) is 36.7 Å². The first-order valence-corrected chi connectivity index (χ1v) is 6.49. The van der Waals surface area contributed by atoms with Crippen molar-refractivity contribution < 1.29 is 0 Å².